The molecule has 0 aliphatic rings. The molecule has 0 atom stereocenters. The SMILES string of the molecule is N#Cc1cc(CN)c(O)cc1C(=O)O. The second kappa shape index (κ2) is 3.77. The van der Waals surface area contributed by atoms with Gasteiger partial charge in [-0.05, 0) is 12.1 Å². The summed E-state index contributed by atoms with van der Waals surface area (Å²) < 4.78 is 0. The van der Waals surface area contributed by atoms with Gasteiger partial charge in [-0.2, -0.15) is 5.26 Å². The molecule has 0 saturated carbocycles. The smallest absolute Gasteiger partial charge is 0.337 e. The lowest BCUT2D eigenvalue weighted by atomic mass is 10.0. The molecule has 14 heavy (non-hydrogen) atoms. The highest BCUT2D eigenvalue weighted by Crippen LogP contribution is 2.21. The lowest BCUT2D eigenvalue weighted by Gasteiger charge is -2.04. The van der Waals surface area contributed by atoms with E-state index >= 15 is 0 Å². The lowest BCUT2D eigenvalue weighted by molar-refractivity contribution is 0.0696. The Kier molecular flexibility index (Phi) is 2.70. The van der Waals surface area contributed by atoms with Crippen LogP contribution >= 0.6 is 0 Å². The summed E-state index contributed by atoms with van der Waals surface area (Å²) in [7, 11) is 0. The van der Waals surface area contributed by atoms with Crippen LogP contribution in [0.3, 0.4) is 0 Å². The van der Waals surface area contributed by atoms with Crippen LogP contribution in [0, 0.1) is 11.3 Å². The fourth-order valence-corrected chi connectivity index (χ4v) is 1.07. The van der Waals surface area contributed by atoms with Crippen LogP contribution in [0.15, 0.2) is 12.1 Å². The van der Waals surface area contributed by atoms with Crippen LogP contribution in [0.1, 0.15) is 21.5 Å². The minimum absolute atomic E-state index is 0.00394. The molecule has 72 valence electrons. The number of hydrogen-bond donors (Lipinski definition) is 3. The van der Waals surface area contributed by atoms with Gasteiger partial charge in [-0.15, -0.1) is 0 Å². The molecule has 4 N–H and O–H groups in total. The van der Waals surface area contributed by atoms with E-state index in [1.807, 2.05) is 0 Å². The molecule has 5 heteroatoms. The Morgan fingerprint density at radius 1 is 1.57 bits per heavy atom. The first-order valence-electron chi connectivity index (χ1n) is 3.79. The van der Waals surface area contributed by atoms with Crippen molar-refractivity contribution in [2.24, 2.45) is 5.73 Å². The van der Waals surface area contributed by atoms with Gasteiger partial charge in [0.05, 0.1) is 11.1 Å². The first-order valence-corrected chi connectivity index (χ1v) is 3.79. The van der Waals surface area contributed by atoms with E-state index in [0.29, 0.717) is 5.56 Å². The van der Waals surface area contributed by atoms with Crippen molar-refractivity contribution in [3.63, 3.8) is 0 Å². The molecule has 0 aliphatic heterocycles. The minimum Gasteiger partial charge on any atom is -0.508 e. The van der Waals surface area contributed by atoms with E-state index in [2.05, 4.69) is 0 Å². The van der Waals surface area contributed by atoms with E-state index < -0.39 is 5.97 Å². The molecule has 1 rings (SSSR count). The summed E-state index contributed by atoms with van der Waals surface area (Å²) in [4.78, 5) is 10.6. The third-order valence-electron chi connectivity index (χ3n) is 1.79. The summed E-state index contributed by atoms with van der Waals surface area (Å²) in [6, 6.07) is 4.04. The van der Waals surface area contributed by atoms with Crippen molar-refractivity contribution in [2.45, 2.75) is 6.54 Å². The van der Waals surface area contributed by atoms with E-state index in [1.54, 1.807) is 6.07 Å². The Hall–Kier alpha value is -2.06. The zero-order chi connectivity index (χ0) is 10.7. The van der Waals surface area contributed by atoms with E-state index in [9.17, 15) is 9.90 Å². The number of nitrogens with two attached hydrogens (primary N) is 1. The molecule has 0 spiro atoms. The van der Waals surface area contributed by atoms with Crippen molar-refractivity contribution in [3.05, 3.63) is 28.8 Å². The lowest BCUT2D eigenvalue weighted by Crippen LogP contribution is -2.04. The topological polar surface area (TPSA) is 107 Å². The van der Waals surface area contributed by atoms with Crippen LogP contribution in [0.5, 0.6) is 5.75 Å². The number of rotatable bonds is 2. The molecular formula is C9H8N2O3. The number of carboxylic acids is 1. The molecule has 0 unspecified atom stereocenters. The van der Waals surface area contributed by atoms with E-state index in [0.717, 1.165) is 6.07 Å². The molecule has 0 amide bonds. The van der Waals surface area contributed by atoms with Gasteiger partial charge in [0, 0.05) is 12.1 Å². The molecule has 0 aromatic heterocycles. The number of hydrogen-bond acceptors (Lipinski definition) is 4. The van der Waals surface area contributed by atoms with E-state index in [-0.39, 0.29) is 23.4 Å². The Morgan fingerprint density at radius 3 is 2.64 bits per heavy atom. The maximum Gasteiger partial charge on any atom is 0.337 e. The molecule has 0 radical (unpaired) electrons. The summed E-state index contributed by atoms with van der Waals surface area (Å²) in [6.45, 7) is 0.0560. The Labute approximate surface area is 80.0 Å². The highest BCUT2D eigenvalue weighted by Gasteiger charge is 2.13. The van der Waals surface area contributed by atoms with Crippen molar-refractivity contribution in [1.29, 1.82) is 5.26 Å². The predicted octanol–water partition coefficient (Wildman–Crippen LogP) is 0.421. The number of carboxylic acid groups (broad SMARTS) is 1. The summed E-state index contributed by atoms with van der Waals surface area (Å²) in [6.07, 6.45) is 0. The molecule has 0 heterocycles. The summed E-state index contributed by atoms with van der Waals surface area (Å²) >= 11 is 0. The average molecular weight is 192 g/mol. The van der Waals surface area contributed by atoms with Crippen molar-refractivity contribution in [3.8, 4) is 11.8 Å². The largest absolute Gasteiger partial charge is 0.508 e. The van der Waals surface area contributed by atoms with Gasteiger partial charge in [-0.3, -0.25) is 0 Å². The van der Waals surface area contributed by atoms with E-state index in [1.165, 1.54) is 6.07 Å². The summed E-state index contributed by atoms with van der Waals surface area (Å²) in [5.74, 6) is -1.45. The highest BCUT2D eigenvalue weighted by atomic mass is 16.4. The summed E-state index contributed by atoms with van der Waals surface area (Å²) in [5.41, 5.74) is 5.41. The normalized spacial score (nSPS) is 9.43. The van der Waals surface area contributed by atoms with Crippen molar-refractivity contribution < 1.29 is 15.0 Å². The number of aromatic carboxylic acids is 1. The van der Waals surface area contributed by atoms with Crippen LogP contribution < -0.4 is 5.73 Å². The number of benzene rings is 1. The minimum atomic E-state index is -1.25. The molecule has 0 fully saturated rings. The van der Waals surface area contributed by atoms with Crippen LogP contribution in [-0.4, -0.2) is 16.2 Å². The molecule has 5 nitrogen and oxygen atoms in total. The predicted molar refractivity (Wildman–Crippen MR) is 47.7 cm³/mol. The molecule has 1 aromatic carbocycles. The average Bonchev–Trinajstić information content (AvgIpc) is 2.17. The molecule has 0 aliphatic carbocycles. The van der Waals surface area contributed by atoms with Gasteiger partial charge in [0.1, 0.15) is 11.8 Å². The van der Waals surface area contributed by atoms with Crippen molar-refractivity contribution >= 4 is 5.97 Å². The fraction of sp³-hybridized carbons (Fsp3) is 0.111. The zero-order valence-electron chi connectivity index (χ0n) is 7.19. The van der Waals surface area contributed by atoms with Gasteiger partial charge >= 0.3 is 5.97 Å². The van der Waals surface area contributed by atoms with Gasteiger partial charge in [0.2, 0.25) is 0 Å². The quantitative estimate of drug-likeness (QED) is 0.629. The Bertz CT molecular complexity index is 421. The van der Waals surface area contributed by atoms with Crippen molar-refractivity contribution in [1.82, 2.24) is 0 Å². The second-order valence-electron chi connectivity index (χ2n) is 2.65. The number of carbonyl (C=O) groups is 1. The van der Waals surface area contributed by atoms with Crippen LogP contribution in [0.2, 0.25) is 0 Å². The molecule has 0 bridgehead atoms. The molecular weight excluding hydrogens is 184 g/mol. The number of phenolic OH excluding ortho intramolecular Hbond substituents is 1. The second-order valence-corrected chi connectivity index (χ2v) is 2.65. The number of aromatic hydroxyl groups is 1. The highest BCUT2D eigenvalue weighted by molar-refractivity contribution is 5.91. The van der Waals surface area contributed by atoms with Gasteiger partial charge in [-0.1, -0.05) is 0 Å². The molecule has 0 saturated heterocycles. The number of phenols is 1. The third-order valence-corrected chi connectivity index (χ3v) is 1.79. The maximum atomic E-state index is 10.6. The van der Waals surface area contributed by atoms with Gasteiger partial charge in [0.15, 0.2) is 0 Å². The van der Waals surface area contributed by atoms with Gasteiger partial charge in [-0.25, -0.2) is 4.79 Å². The number of nitrogens with zero attached hydrogens (tertiary/aromatic N) is 1. The Morgan fingerprint density at radius 2 is 2.21 bits per heavy atom. The van der Waals surface area contributed by atoms with Crippen LogP contribution in [0.4, 0.5) is 0 Å². The monoisotopic (exact) mass is 192 g/mol. The first-order chi connectivity index (χ1) is 6.60. The van der Waals surface area contributed by atoms with Crippen LogP contribution in [0.25, 0.3) is 0 Å². The van der Waals surface area contributed by atoms with Gasteiger partial charge < -0.3 is 15.9 Å². The van der Waals surface area contributed by atoms with Gasteiger partial charge in [0.25, 0.3) is 0 Å². The maximum absolute atomic E-state index is 10.6. The van der Waals surface area contributed by atoms with Crippen LogP contribution in [-0.2, 0) is 6.54 Å². The standard InChI is InChI=1S/C9H8N2O3/c10-3-5-1-6(4-11)8(12)2-7(5)9(13)14/h1-2,12H,4,11H2,(H,13,14). The zero-order valence-corrected chi connectivity index (χ0v) is 7.19. The number of nitriles is 1. The third kappa shape index (κ3) is 1.65. The van der Waals surface area contributed by atoms with Crippen molar-refractivity contribution in [2.75, 3.05) is 0 Å². The fourth-order valence-electron chi connectivity index (χ4n) is 1.07. The van der Waals surface area contributed by atoms with E-state index in [4.69, 9.17) is 16.1 Å². The first kappa shape index (κ1) is 10.0. The summed E-state index contributed by atoms with van der Waals surface area (Å²) in [5, 5.41) is 26.6. The molecule has 1 aromatic rings. The Balaban J connectivity index is 3.41.